The number of carbonyl (C=O) groups is 1. The molecule has 0 aliphatic carbocycles. The van der Waals surface area contributed by atoms with E-state index in [4.69, 9.17) is 23.2 Å². The molecule has 0 saturated heterocycles. The van der Waals surface area contributed by atoms with Crippen molar-refractivity contribution in [2.75, 3.05) is 11.1 Å². The van der Waals surface area contributed by atoms with E-state index in [1.54, 1.807) is 18.2 Å². The first-order chi connectivity index (χ1) is 13.5. The second kappa shape index (κ2) is 9.45. The highest BCUT2D eigenvalue weighted by Gasteiger charge is 2.14. The van der Waals surface area contributed by atoms with Crippen molar-refractivity contribution in [3.63, 3.8) is 0 Å². The molecule has 8 heteroatoms. The molecule has 0 aliphatic heterocycles. The summed E-state index contributed by atoms with van der Waals surface area (Å²) in [5, 5.41) is 13.1. The zero-order valence-corrected chi connectivity index (χ0v) is 17.9. The molecular formula is C20H20Cl2N4OS. The van der Waals surface area contributed by atoms with Crippen molar-refractivity contribution in [2.24, 2.45) is 0 Å². The second-order valence-electron chi connectivity index (χ2n) is 6.16. The van der Waals surface area contributed by atoms with E-state index < -0.39 is 0 Å². The molecule has 1 amide bonds. The van der Waals surface area contributed by atoms with Gasteiger partial charge in [-0.2, -0.15) is 0 Å². The summed E-state index contributed by atoms with van der Waals surface area (Å²) < 4.78 is 2.06. The van der Waals surface area contributed by atoms with Crippen LogP contribution < -0.4 is 5.32 Å². The number of aryl methyl sites for hydroxylation is 1. The molecule has 0 atom stereocenters. The molecular weight excluding hydrogens is 415 g/mol. The van der Waals surface area contributed by atoms with Crippen LogP contribution in [-0.4, -0.2) is 26.4 Å². The van der Waals surface area contributed by atoms with Crippen LogP contribution in [0.2, 0.25) is 10.0 Å². The van der Waals surface area contributed by atoms with Crippen molar-refractivity contribution in [1.29, 1.82) is 0 Å². The van der Waals surface area contributed by atoms with Crippen LogP contribution in [0.1, 0.15) is 18.9 Å². The minimum atomic E-state index is -0.149. The molecule has 0 spiro atoms. The third-order valence-corrected chi connectivity index (χ3v) is 5.70. The Labute approximate surface area is 178 Å². The maximum absolute atomic E-state index is 12.2. The first-order valence-corrected chi connectivity index (χ1v) is 10.6. The van der Waals surface area contributed by atoms with Gasteiger partial charge in [-0.05, 0) is 32.0 Å². The van der Waals surface area contributed by atoms with Crippen molar-refractivity contribution in [3.8, 4) is 11.4 Å². The van der Waals surface area contributed by atoms with Gasteiger partial charge in [0.2, 0.25) is 5.91 Å². The lowest BCUT2D eigenvalue weighted by Gasteiger charge is -2.09. The van der Waals surface area contributed by atoms with Crippen molar-refractivity contribution in [3.05, 3.63) is 58.1 Å². The monoisotopic (exact) mass is 434 g/mol. The molecule has 146 valence electrons. The third kappa shape index (κ3) is 4.87. The van der Waals surface area contributed by atoms with E-state index in [-0.39, 0.29) is 5.91 Å². The van der Waals surface area contributed by atoms with Gasteiger partial charge in [-0.25, -0.2) is 0 Å². The number of carbonyl (C=O) groups excluding carboxylic acids is 1. The smallest absolute Gasteiger partial charge is 0.225 e. The summed E-state index contributed by atoms with van der Waals surface area (Å²) >= 11 is 13.7. The molecule has 28 heavy (non-hydrogen) atoms. The number of halogens is 2. The average molecular weight is 435 g/mol. The molecule has 5 nitrogen and oxygen atoms in total. The topological polar surface area (TPSA) is 59.8 Å². The Kier molecular flexibility index (Phi) is 6.99. The van der Waals surface area contributed by atoms with E-state index in [2.05, 4.69) is 46.1 Å². The fraction of sp³-hybridized carbons (Fsp3) is 0.250. The Morgan fingerprint density at radius 3 is 2.54 bits per heavy atom. The number of rotatable bonds is 7. The van der Waals surface area contributed by atoms with Gasteiger partial charge in [0, 0.05) is 24.3 Å². The number of nitrogens with one attached hydrogen (secondary N) is 1. The van der Waals surface area contributed by atoms with Gasteiger partial charge in [0.15, 0.2) is 11.0 Å². The summed E-state index contributed by atoms with van der Waals surface area (Å²) in [6.45, 7) is 4.86. The second-order valence-corrected chi connectivity index (χ2v) is 8.04. The molecule has 1 N–H and O–H groups in total. The van der Waals surface area contributed by atoms with Crippen molar-refractivity contribution < 1.29 is 4.79 Å². The van der Waals surface area contributed by atoms with E-state index in [1.807, 2.05) is 12.1 Å². The van der Waals surface area contributed by atoms with Crippen LogP contribution in [0, 0.1) is 6.92 Å². The third-order valence-electron chi connectivity index (χ3n) is 4.10. The Morgan fingerprint density at radius 2 is 1.86 bits per heavy atom. The average Bonchev–Trinajstić information content (AvgIpc) is 3.08. The highest BCUT2D eigenvalue weighted by atomic mass is 35.5. The van der Waals surface area contributed by atoms with Crippen LogP contribution in [0.5, 0.6) is 0 Å². The maximum Gasteiger partial charge on any atom is 0.225 e. The van der Waals surface area contributed by atoms with Gasteiger partial charge >= 0.3 is 0 Å². The lowest BCUT2D eigenvalue weighted by atomic mass is 10.1. The lowest BCUT2D eigenvalue weighted by molar-refractivity contribution is -0.115. The van der Waals surface area contributed by atoms with Gasteiger partial charge < -0.3 is 9.88 Å². The van der Waals surface area contributed by atoms with Crippen LogP contribution in [0.4, 0.5) is 5.69 Å². The van der Waals surface area contributed by atoms with E-state index >= 15 is 0 Å². The number of hydrogen-bond donors (Lipinski definition) is 1. The molecule has 0 aliphatic rings. The van der Waals surface area contributed by atoms with Gasteiger partial charge in [-0.1, -0.05) is 64.8 Å². The molecule has 2 aromatic carbocycles. The SMILES string of the molecule is CCn1c(SCCC(=O)Nc2c(Cl)cccc2Cl)nnc1-c1cccc(C)c1. The minimum Gasteiger partial charge on any atom is -0.324 e. The minimum absolute atomic E-state index is 0.149. The summed E-state index contributed by atoms with van der Waals surface area (Å²) in [5.41, 5.74) is 2.65. The van der Waals surface area contributed by atoms with Gasteiger partial charge in [0.05, 0.1) is 15.7 Å². The molecule has 3 aromatic rings. The van der Waals surface area contributed by atoms with E-state index in [0.29, 0.717) is 27.9 Å². The number of para-hydroxylation sites is 1. The molecule has 0 radical (unpaired) electrons. The lowest BCUT2D eigenvalue weighted by Crippen LogP contribution is -2.13. The number of nitrogens with zero attached hydrogens (tertiary/aromatic N) is 3. The Hall–Kier alpha value is -2.02. The highest BCUT2D eigenvalue weighted by molar-refractivity contribution is 7.99. The van der Waals surface area contributed by atoms with E-state index in [1.165, 1.54) is 17.3 Å². The van der Waals surface area contributed by atoms with Gasteiger partial charge in [-0.15, -0.1) is 10.2 Å². The molecule has 1 aromatic heterocycles. The normalized spacial score (nSPS) is 10.9. The van der Waals surface area contributed by atoms with Crippen LogP contribution >= 0.6 is 35.0 Å². The molecule has 1 heterocycles. The van der Waals surface area contributed by atoms with E-state index in [9.17, 15) is 4.79 Å². The molecule has 0 bridgehead atoms. The number of hydrogen-bond acceptors (Lipinski definition) is 4. The number of benzene rings is 2. The standard InChI is InChI=1S/C20H20Cl2N4OS/c1-3-26-19(14-7-4-6-13(2)12-14)24-25-20(26)28-11-10-17(27)23-18-15(21)8-5-9-16(18)22/h4-9,12H,3,10-11H2,1-2H3,(H,23,27). The Bertz CT molecular complexity index is 970. The van der Waals surface area contributed by atoms with Crippen molar-refractivity contribution in [1.82, 2.24) is 14.8 Å². The summed E-state index contributed by atoms with van der Waals surface area (Å²) in [5.74, 6) is 1.25. The number of anilines is 1. The molecule has 0 saturated carbocycles. The highest BCUT2D eigenvalue weighted by Crippen LogP contribution is 2.30. The largest absolute Gasteiger partial charge is 0.324 e. The summed E-state index contributed by atoms with van der Waals surface area (Å²) in [6, 6.07) is 13.3. The molecule has 3 rings (SSSR count). The van der Waals surface area contributed by atoms with Crippen LogP contribution in [0.3, 0.4) is 0 Å². The van der Waals surface area contributed by atoms with Crippen molar-refractivity contribution >= 4 is 46.6 Å². The summed E-state index contributed by atoms with van der Waals surface area (Å²) in [4.78, 5) is 12.2. The molecule has 0 unspecified atom stereocenters. The number of thioether (sulfide) groups is 1. The zero-order chi connectivity index (χ0) is 20.1. The molecule has 0 fully saturated rings. The zero-order valence-electron chi connectivity index (χ0n) is 15.6. The van der Waals surface area contributed by atoms with Gasteiger partial charge in [0.1, 0.15) is 0 Å². The fourth-order valence-electron chi connectivity index (χ4n) is 2.73. The fourth-order valence-corrected chi connectivity index (χ4v) is 4.16. The van der Waals surface area contributed by atoms with Crippen LogP contribution in [-0.2, 0) is 11.3 Å². The number of aromatic nitrogens is 3. The van der Waals surface area contributed by atoms with Gasteiger partial charge in [-0.3, -0.25) is 4.79 Å². The predicted molar refractivity (Wildman–Crippen MR) is 116 cm³/mol. The first-order valence-electron chi connectivity index (χ1n) is 8.86. The Morgan fingerprint density at radius 1 is 1.14 bits per heavy atom. The summed E-state index contributed by atoms with van der Waals surface area (Å²) in [7, 11) is 0. The summed E-state index contributed by atoms with van der Waals surface area (Å²) in [6.07, 6.45) is 0.308. The quantitative estimate of drug-likeness (QED) is 0.484. The van der Waals surface area contributed by atoms with Crippen LogP contribution in [0.15, 0.2) is 47.6 Å². The van der Waals surface area contributed by atoms with Crippen molar-refractivity contribution in [2.45, 2.75) is 32.0 Å². The van der Waals surface area contributed by atoms with Gasteiger partial charge in [0.25, 0.3) is 0 Å². The number of amides is 1. The Balaban J connectivity index is 1.63. The maximum atomic E-state index is 12.2. The predicted octanol–water partition coefficient (Wildman–Crippen LogP) is 5.70. The first kappa shape index (κ1) is 20.7. The van der Waals surface area contributed by atoms with Crippen LogP contribution in [0.25, 0.3) is 11.4 Å². The van der Waals surface area contributed by atoms with E-state index in [0.717, 1.165) is 23.1 Å².